The molecule has 0 bridgehead atoms. The third-order valence-corrected chi connectivity index (χ3v) is 9.62. The molecule has 1 aromatic heterocycles. The standard InChI is InChI=1S/C21H27N3O2S.C14H19NO/c1-14(2)11-18(23-21(26)19-5-4-10-24(19)13-25)16-6-8-17(9-7-16)20-15(3)22-12-27-20;1-10(14(2,3)4)15-9-11-7-5-6-8-12(11)13(15)16/h6-9,12-14,18-19H,4-5,10-11H2,1-3H3,(H,23,26);5-8,10H,9H2,1-4H3. The van der Waals surface area contributed by atoms with E-state index in [9.17, 15) is 14.4 Å². The summed E-state index contributed by atoms with van der Waals surface area (Å²) < 4.78 is 0. The molecule has 0 saturated carbocycles. The van der Waals surface area contributed by atoms with E-state index < -0.39 is 0 Å². The Balaban J connectivity index is 0.000000225. The fraction of sp³-hybridized carbons (Fsp3) is 0.486. The number of carbonyl (C=O) groups is 3. The molecule has 1 fully saturated rings. The Bertz CT molecular complexity index is 1410. The number of likely N-dealkylation sites (tertiary alicyclic amines) is 1. The lowest BCUT2D eigenvalue weighted by Crippen LogP contribution is -2.44. The van der Waals surface area contributed by atoms with Crippen LogP contribution in [0.2, 0.25) is 0 Å². The van der Waals surface area contributed by atoms with Crippen LogP contribution in [0.1, 0.15) is 94.0 Å². The van der Waals surface area contributed by atoms with Gasteiger partial charge in [0.25, 0.3) is 5.91 Å². The fourth-order valence-corrected chi connectivity index (χ4v) is 6.53. The second-order valence-electron chi connectivity index (χ2n) is 13.2. The Hall–Kier alpha value is -3.52. The monoisotopic (exact) mass is 602 g/mol. The maximum Gasteiger partial charge on any atom is 0.254 e. The van der Waals surface area contributed by atoms with Crippen molar-refractivity contribution in [2.75, 3.05) is 6.54 Å². The minimum Gasteiger partial charge on any atom is -0.347 e. The van der Waals surface area contributed by atoms with Gasteiger partial charge in [-0.1, -0.05) is 77.1 Å². The number of nitrogens with zero attached hydrogens (tertiary/aromatic N) is 3. The maximum atomic E-state index is 12.8. The number of thiazole rings is 1. The lowest BCUT2D eigenvalue weighted by atomic mass is 9.87. The minimum absolute atomic E-state index is 0.0485. The van der Waals surface area contributed by atoms with Crippen molar-refractivity contribution in [3.05, 3.63) is 76.4 Å². The van der Waals surface area contributed by atoms with Crippen LogP contribution in [-0.2, 0) is 16.1 Å². The largest absolute Gasteiger partial charge is 0.347 e. The average molecular weight is 603 g/mol. The SMILES string of the molecule is CC(N1Cc2ccccc2C1=O)C(C)(C)C.Cc1ncsc1-c1ccc(C(CC(C)C)NC(=O)C2CCCN2C=O)cc1. The molecule has 1 saturated heterocycles. The molecule has 0 radical (unpaired) electrons. The predicted octanol–water partition coefficient (Wildman–Crippen LogP) is 7.02. The Morgan fingerprint density at radius 2 is 1.81 bits per heavy atom. The highest BCUT2D eigenvalue weighted by Gasteiger charge is 2.35. The molecular formula is C35H46N4O3S. The van der Waals surface area contributed by atoms with E-state index in [-0.39, 0.29) is 35.4 Å². The first kappa shape index (κ1) is 32.4. The van der Waals surface area contributed by atoms with Gasteiger partial charge in [0.15, 0.2) is 0 Å². The van der Waals surface area contributed by atoms with E-state index in [1.54, 1.807) is 16.2 Å². The number of aryl methyl sites for hydroxylation is 1. The highest BCUT2D eigenvalue weighted by atomic mass is 32.1. The normalized spacial score (nSPS) is 17.8. The number of fused-ring (bicyclic) bond motifs is 1. The van der Waals surface area contributed by atoms with Crippen molar-refractivity contribution in [1.82, 2.24) is 20.1 Å². The van der Waals surface area contributed by atoms with Gasteiger partial charge in [0.2, 0.25) is 12.3 Å². The highest BCUT2D eigenvalue weighted by Crippen LogP contribution is 2.32. The van der Waals surface area contributed by atoms with Crippen molar-refractivity contribution in [3.8, 4) is 10.4 Å². The van der Waals surface area contributed by atoms with Gasteiger partial charge in [-0.05, 0) is 67.2 Å². The van der Waals surface area contributed by atoms with Crippen LogP contribution < -0.4 is 5.32 Å². The van der Waals surface area contributed by atoms with Crippen LogP contribution in [0.3, 0.4) is 0 Å². The molecule has 3 unspecified atom stereocenters. The predicted molar refractivity (Wildman–Crippen MR) is 174 cm³/mol. The number of benzene rings is 2. The molecule has 1 N–H and O–H groups in total. The second kappa shape index (κ2) is 13.8. The van der Waals surface area contributed by atoms with E-state index in [0.717, 1.165) is 60.2 Å². The average Bonchev–Trinajstić information content (AvgIpc) is 3.71. The summed E-state index contributed by atoms with van der Waals surface area (Å²) in [6.07, 6.45) is 3.27. The first-order valence-electron chi connectivity index (χ1n) is 15.3. The van der Waals surface area contributed by atoms with Crippen molar-refractivity contribution < 1.29 is 14.4 Å². The van der Waals surface area contributed by atoms with Crippen LogP contribution in [0.5, 0.6) is 0 Å². The summed E-state index contributed by atoms with van der Waals surface area (Å²) in [4.78, 5) is 45.2. The maximum absolute atomic E-state index is 12.8. The summed E-state index contributed by atoms with van der Waals surface area (Å²) in [6.45, 7) is 16.4. The van der Waals surface area contributed by atoms with Crippen molar-refractivity contribution in [1.29, 1.82) is 0 Å². The first-order chi connectivity index (χ1) is 20.4. The summed E-state index contributed by atoms with van der Waals surface area (Å²) in [6, 6.07) is 16.1. The van der Waals surface area contributed by atoms with Crippen LogP contribution in [0.15, 0.2) is 54.0 Å². The van der Waals surface area contributed by atoms with Crippen LogP contribution in [-0.4, -0.2) is 51.6 Å². The molecule has 2 aliphatic heterocycles. The molecular weight excluding hydrogens is 556 g/mol. The number of nitrogens with one attached hydrogen (secondary N) is 1. The number of carbonyl (C=O) groups excluding carboxylic acids is 3. The molecule has 2 aromatic carbocycles. The van der Waals surface area contributed by atoms with Gasteiger partial charge < -0.3 is 15.1 Å². The summed E-state index contributed by atoms with van der Waals surface area (Å²) in [5, 5.41) is 3.19. The molecule has 43 heavy (non-hydrogen) atoms. The Labute approximate surface area is 260 Å². The molecule has 3 amide bonds. The third kappa shape index (κ3) is 7.71. The highest BCUT2D eigenvalue weighted by molar-refractivity contribution is 7.13. The van der Waals surface area contributed by atoms with Gasteiger partial charge in [0.05, 0.1) is 22.1 Å². The van der Waals surface area contributed by atoms with Crippen LogP contribution in [0.25, 0.3) is 10.4 Å². The van der Waals surface area contributed by atoms with Gasteiger partial charge >= 0.3 is 0 Å². The van der Waals surface area contributed by atoms with Gasteiger partial charge in [0.1, 0.15) is 6.04 Å². The summed E-state index contributed by atoms with van der Waals surface area (Å²) in [5.41, 5.74) is 7.30. The van der Waals surface area contributed by atoms with E-state index in [2.05, 4.69) is 76.1 Å². The van der Waals surface area contributed by atoms with Crippen molar-refractivity contribution in [2.45, 2.75) is 92.4 Å². The van der Waals surface area contributed by atoms with Crippen LogP contribution in [0, 0.1) is 18.3 Å². The molecule has 230 valence electrons. The number of aromatic nitrogens is 1. The van der Waals surface area contributed by atoms with Crippen molar-refractivity contribution in [2.24, 2.45) is 11.3 Å². The molecule has 8 heteroatoms. The Morgan fingerprint density at radius 3 is 2.40 bits per heavy atom. The van der Waals surface area contributed by atoms with Gasteiger partial charge in [-0.2, -0.15) is 0 Å². The minimum atomic E-state index is -0.337. The van der Waals surface area contributed by atoms with Gasteiger partial charge in [0, 0.05) is 24.7 Å². The van der Waals surface area contributed by atoms with Crippen molar-refractivity contribution in [3.63, 3.8) is 0 Å². The fourth-order valence-electron chi connectivity index (χ4n) is 5.72. The molecule has 3 atom stereocenters. The van der Waals surface area contributed by atoms with E-state index in [1.807, 2.05) is 41.6 Å². The smallest absolute Gasteiger partial charge is 0.254 e. The van der Waals surface area contributed by atoms with Gasteiger partial charge in [-0.3, -0.25) is 14.4 Å². The summed E-state index contributed by atoms with van der Waals surface area (Å²) in [5.74, 6) is 0.579. The second-order valence-corrected chi connectivity index (χ2v) is 14.1. The zero-order chi connectivity index (χ0) is 31.3. The lowest BCUT2D eigenvalue weighted by molar-refractivity contribution is -0.131. The van der Waals surface area contributed by atoms with Crippen LogP contribution in [0.4, 0.5) is 0 Å². The molecule has 0 spiro atoms. The van der Waals surface area contributed by atoms with Gasteiger partial charge in [-0.15, -0.1) is 11.3 Å². The quantitative estimate of drug-likeness (QED) is 0.281. The number of hydrogen-bond acceptors (Lipinski definition) is 5. The lowest BCUT2D eigenvalue weighted by Gasteiger charge is -2.35. The molecule has 3 aromatic rings. The van der Waals surface area contributed by atoms with Crippen molar-refractivity contribution >= 4 is 29.6 Å². The van der Waals surface area contributed by atoms with Crippen LogP contribution >= 0.6 is 11.3 Å². The number of rotatable bonds is 8. The zero-order valence-electron chi connectivity index (χ0n) is 26.6. The molecule has 2 aliphatic rings. The van der Waals surface area contributed by atoms with E-state index >= 15 is 0 Å². The zero-order valence-corrected chi connectivity index (χ0v) is 27.4. The molecule has 3 heterocycles. The first-order valence-corrected chi connectivity index (χ1v) is 16.2. The Kier molecular flexibility index (Phi) is 10.4. The molecule has 0 aliphatic carbocycles. The number of hydrogen-bond donors (Lipinski definition) is 1. The van der Waals surface area contributed by atoms with E-state index in [0.29, 0.717) is 12.5 Å². The van der Waals surface area contributed by atoms with Gasteiger partial charge in [-0.25, -0.2) is 4.98 Å². The van der Waals surface area contributed by atoms with E-state index in [4.69, 9.17) is 0 Å². The summed E-state index contributed by atoms with van der Waals surface area (Å²) >= 11 is 1.64. The molecule has 7 nitrogen and oxygen atoms in total. The summed E-state index contributed by atoms with van der Waals surface area (Å²) in [7, 11) is 0. The molecule has 5 rings (SSSR count). The topological polar surface area (TPSA) is 82.6 Å². The Morgan fingerprint density at radius 1 is 1.12 bits per heavy atom. The van der Waals surface area contributed by atoms with E-state index in [1.165, 1.54) is 4.88 Å². The number of amides is 3. The third-order valence-electron chi connectivity index (χ3n) is 8.65.